The summed E-state index contributed by atoms with van der Waals surface area (Å²) in [6.45, 7) is 5.87. The van der Waals surface area contributed by atoms with E-state index in [1.54, 1.807) is 12.1 Å². The van der Waals surface area contributed by atoms with Gasteiger partial charge in [-0.15, -0.1) is 11.3 Å². The summed E-state index contributed by atoms with van der Waals surface area (Å²) >= 11 is 1.50. The van der Waals surface area contributed by atoms with Crippen molar-refractivity contribution in [1.29, 1.82) is 5.26 Å². The zero-order chi connectivity index (χ0) is 24.5. The molecule has 1 atom stereocenters. The standard InChI is InChI=1S/C25H26N4O3S2/c1-16(2)24-23-21(15-29(24)14-19-6-4-18(13-26)5-7-19)33-25(28-23)27-22(30)12-17-8-10-20(11-9-17)34(3,31)32/h4-11,16,24H,12,14-15H2,1-3H3,(H,27,28,30)/t24-/m0/s1. The fourth-order valence-electron chi connectivity index (χ4n) is 4.23. The maximum absolute atomic E-state index is 12.6. The first-order valence-corrected chi connectivity index (χ1v) is 13.7. The first-order valence-electron chi connectivity index (χ1n) is 11.0. The van der Waals surface area contributed by atoms with E-state index in [-0.39, 0.29) is 23.3 Å². The number of rotatable bonds is 7. The van der Waals surface area contributed by atoms with Gasteiger partial charge in [0.2, 0.25) is 5.91 Å². The van der Waals surface area contributed by atoms with Gasteiger partial charge >= 0.3 is 0 Å². The van der Waals surface area contributed by atoms with Crippen LogP contribution in [0.5, 0.6) is 0 Å². The molecule has 0 saturated carbocycles. The monoisotopic (exact) mass is 494 g/mol. The highest BCUT2D eigenvalue weighted by molar-refractivity contribution is 7.90. The molecule has 0 fully saturated rings. The average Bonchev–Trinajstić information content (AvgIpc) is 3.30. The van der Waals surface area contributed by atoms with Crippen LogP contribution < -0.4 is 5.32 Å². The van der Waals surface area contributed by atoms with Crippen LogP contribution in [0.4, 0.5) is 5.13 Å². The van der Waals surface area contributed by atoms with Gasteiger partial charge in [-0.2, -0.15) is 5.26 Å². The SMILES string of the molecule is CC(C)[C@H]1c2nc(NC(=O)Cc3ccc(S(C)(=O)=O)cc3)sc2CN1Cc1ccc(C#N)cc1. The number of thiazole rings is 1. The topological polar surface area (TPSA) is 103 Å². The second kappa shape index (κ2) is 9.66. The Bertz CT molecular complexity index is 1340. The fraction of sp³-hybridized carbons (Fsp3) is 0.320. The molecule has 1 amide bonds. The van der Waals surface area contributed by atoms with Gasteiger partial charge in [0.05, 0.1) is 34.7 Å². The minimum absolute atomic E-state index is 0.146. The van der Waals surface area contributed by atoms with E-state index in [9.17, 15) is 13.2 Å². The summed E-state index contributed by atoms with van der Waals surface area (Å²) in [6, 6.07) is 16.3. The number of anilines is 1. The van der Waals surface area contributed by atoms with Crippen LogP contribution in [0.15, 0.2) is 53.4 Å². The lowest BCUT2D eigenvalue weighted by molar-refractivity contribution is -0.115. The Labute approximate surface area is 204 Å². The van der Waals surface area contributed by atoms with Crippen molar-refractivity contribution in [1.82, 2.24) is 9.88 Å². The number of aromatic nitrogens is 1. The molecule has 34 heavy (non-hydrogen) atoms. The highest BCUT2D eigenvalue weighted by Crippen LogP contribution is 2.43. The predicted molar refractivity (Wildman–Crippen MR) is 132 cm³/mol. The zero-order valence-corrected chi connectivity index (χ0v) is 20.9. The molecule has 1 aliphatic heterocycles. The quantitative estimate of drug-likeness (QED) is 0.525. The van der Waals surface area contributed by atoms with Crippen LogP contribution in [0.2, 0.25) is 0 Å². The summed E-state index contributed by atoms with van der Waals surface area (Å²) in [5.74, 6) is 0.161. The Balaban J connectivity index is 1.42. The van der Waals surface area contributed by atoms with E-state index in [1.165, 1.54) is 23.5 Å². The lowest BCUT2D eigenvalue weighted by atomic mass is 10.0. The van der Waals surface area contributed by atoms with Crippen molar-refractivity contribution in [3.8, 4) is 6.07 Å². The molecule has 1 aromatic heterocycles. The van der Waals surface area contributed by atoms with Crippen molar-refractivity contribution in [2.45, 2.75) is 44.3 Å². The number of hydrogen-bond donors (Lipinski definition) is 1. The molecular weight excluding hydrogens is 468 g/mol. The maximum atomic E-state index is 12.6. The number of nitrogens with one attached hydrogen (secondary N) is 1. The summed E-state index contributed by atoms with van der Waals surface area (Å²) in [7, 11) is -3.26. The van der Waals surface area contributed by atoms with Crippen LogP contribution in [-0.4, -0.2) is 30.5 Å². The van der Waals surface area contributed by atoms with Gasteiger partial charge in [-0.05, 0) is 41.3 Å². The Kier molecular flexibility index (Phi) is 6.84. The van der Waals surface area contributed by atoms with Crippen molar-refractivity contribution < 1.29 is 13.2 Å². The van der Waals surface area contributed by atoms with Crippen LogP contribution >= 0.6 is 11.3 Å². The molecule has 176 valence electrons. The summed E-state index contributed by atoms with van der Waals surface area (Å²) in [4.78, 5) is 21.1. The Morgan fingerprint density at radius 1 is 1.18 bits per heavy atom. The van der Waals surface area contributed by atoms with E-state index in [4.69, 9.17) is 10.2 Å². The first-order chi connectivity index (χ1) is 16.1. The first kappa shape index (κ1) is 24.1. The third-order valence-corrected chi connectivity index (χ3v) is 7.91. The van der Waals surface area contributed by atoms with Gasteiger partial charge in [-0.3, -0.25) is 9.69 Å². The minimum atomic E-state index is -3.26. The normalized spacial score (nSPS) is 15.8. The van der Waals surface area contributed by atoms with Gasteiger partial charge in [0.15, 0.2) is 15.0 Å². The van der Waals surface area contributed by atoms with Gasteiger partial charge in [0.1, 0.15) is 0 Å². The van der Waals surface area contributed by atoms with Crippen molar-refractivity contribution >= 4 is 32.2 Å². The molecule has 3 aromatic rings. The second-order valence-corrected chi connectivity index (χ2v) is 12.0. The maximum Gasteiger partial charge on any atom is 0.230 e. The summed E-state index contributed by atoms with van der Waals surface area (Å²) in [5.41, 5.74) is 3.55. The molecule has 4 rings (SSSR count). The van der Waals surface area contributed by atoms with Crippen molar-refractivity contribution in [3.05, 3.63) is 75.8 Å². The van der Waals surface area contributed by atoms with Crippen molar-refractivity contribution in [2.75, 3.05) is 11.6 Å². The van der Waals surface area contributed by atoms with Gasteiger partial charge in [0, 0.05) is 24.2 Å². The number of amides is 1. The van der Waals surface area contributed by atoms with Crippen LogP contribution in [0, 0.1) is 17.2 Å². The van der Waals surface area contributed by atoms with Crippen LogP contribution in [0.25, 0.3) is 0 Å². The van der Waals surface area contributed by atoms with E-state index in [1.807, 2.05) is 24.3 Å². The Morgan fingerprint density at radius 2 is 1.82 bits per heavy atom. The van der Waals surface area contributed by atoms with Crippen LogP contribution in [0.3, 0.4) is 0 Å². The molecule has 0 unspecified atom stereocenters. The number of sulfone groups is 1. The van der Waals surface area contributed by atoms with Gasteiger partial charge < -0.3 is 5.32 Å². The zero-order valence-electron chi connectivity index (χ0n) is 19.3. The number of hydrogen-bond acceptors (Lipinski definition) is 7. The second-order valence-electron chi connectivity index (χ2n) is 8.87. The smallest absolute Gasteiger partial charge is 0.230 e. The molecule has 0 bridgehead atoms. The van der Waals surface area contributed by atoms with E-state index in [0.29, 0.717) is 16.6 Å². The largest absolute Gasteiger partial charge is 0.302 e. The highest BCUT2D eigenvalue weighted by atomic mass is 32.2. The molecule has 2 aromatic carbocycles. The summed E-state index contributed by atoms with van der Waals surface area (Å²) in [5, 5.41) is 12.5. The summed E-state index contributed by atoms with van der Waals surface area (Å²) in [6.07, 6.45) is 1.30. The van der Waals surface area contributed by atoms with Crippen LogP contribution in [0.1, 0.15) is 47.2 Å². The van der Waals surface area contributed by atoms with Gasteiger partial charge in [0.25, 0.3) is 0 Å². The molecule has 1 aliphatic rings. The van der Waals surface area contributed by atoms with E-state index in [2.05, 4.69) is 30.1 Å². The molecule has 7 nitrogen and oxygen atoms in total. The molecule has 0 saturated heterocycles. The Morgan fingerprint density at radius 3 is 2.41 bits per heavy atom. The number of fused-ring (bicyclic) bond motifs is 1. The van der Waals surface area contributed by atoms with E-state index in [0.717, 1.165) is 41.0 Å². The van der Waals surface area contributed by atoms with Crippen LogP contribution in [-0.2, 0) is 34.1 Å². The third kappa shape index (κ3) is 5.36. The number of carbonyl (C=O) groups excluding carboxylic acids is 1. The predicted octanol–water partition coefficient (Wildman–Crippen LogP) is 4.31. The summed E-state index contributed by atoms with van der Waals surface area (Å²) < 4.78 is 23.2. The Hall–Kier alpha value is -3.06. The highest BCUT2D eigenvalue weighted by Gasteiger charge is 2.36. The minimum Gasteiger partial charge on any atom is -0.302 e. The molecule has 0 aliphatic carbocycles. The lowest BCUT2D eigenvalue weighted by Crippen LogP contribution is -2.26. The van der Waals surface area contributed by atoms with Gasteiger partial charge in [-0.1, -0.05) is 38.1 Å². The van der Waals surface area contributed by atoms with Crippen molar-refractivity contribution in [3.63, 3.8) is 0 Å². The molecule has 0 radical (unpaired) electrons. The molecule has 0 spiro atoms. The van der Waals surface area contributed by atoms with E-state index < -0.39 is 9.84 Å². The average molecular weight is 495 g/mol. The molecule has 1 N–H and O–H groups in total. The number of nitriles is 1. The molecular formula is C25H26N4O3S2. The van der Waals surface area contributed by atoms with Gasteiger partial charge in [-0.25, -0.2) is 13.4 Å². The number of nitrogens with zero attached hydrogens (tertiary/aromatic N) is 3. The third-order valence-electron chi connectivity index (χ3n) is 5.81. The lowest BCUT2D eigenvalue weighted by Gasteiger charge is -2.27. The van der Waals surface area contributed by atoms with E-state index >= 15 is 0 Å². The molecule has 9 heteroatoms. The fourth-order valence-corrected chi connectivity index (χ4v) is 5.91. The number of carbonyl (C=O) groups is 1. The van der Waals surface area contributed by atoms with Crippen molar-refractivity contribution in [2.24, 2.45) is 5.92 Å². The molecule has 2 heterocycles. The number of benzene rings is 2.